The van der Waals surface area contributed by atoms with Gasteiger partial charge in [0, 0.05) is 26.2 Å². The van der Waals surface area contributed by atoms with Gasteiger partial charge in [-0.3, -0.25) is 0 Å². The Balaban J connectivity index is 1.63. The molecular weight excluding hydrogens is 482 g/mol. The van der Waals surface area contributed by atoms with Crippen LogP contribution in [0.2, 0.25) is 5.02 Å². The van der Waals surface area contributed by atoms with Crippen molar-refractivity contribution in [1.29, 1.82) is 0 Å². The molecule has 5 heteroatoms. The highest BCUT2D eigenvalue weighted by Gasteiger charge is 2.13. The second-order valence-electron chi connectivity index (χ2n) is 7.27. The largest absolute Gasteiger partial charge is 0.208 e. The first-order chi connectivity index (χ1) is 15.7. The van der Waals surface area contributed by atoms with Crippen LogP contribution in [0.3, 0.4) is 0 Å². The molecule has 154 valence electrons. The predicted molar refractivity (Wildman–Crippen MR) is 134 cm³/mol. The molecule has 0 saturated carbocycles. The molecule has 3 nitrogen and oxygen atoms in total. The maximum Gasteiger partial charge on any atom is 0.164 e. The van der Waals surface area contributed by atoms with Crippen LogP contribution < -0.4 is 0 Å². The van der Waals surface area contributed by atoms with E-state index in [0.717, 1.165) is 26.7 Å². The van der Waals surface area contributed by atoms with E-state index >= 15 is 0 Å². The first kappa shape index (κ1) is 20.6. The van der Waals surface area contributed by atoms with Gasteiger partial charge in [-0.15, -0.1) is 0 Å². The quantitative estimate of drug-likeness (QED) is 0.252. The highest BCUT2D eigenvalue weighted by Crippen LogP contribution is 2.29. The predicted octanol–water partition coefficient (Wildman–Crippen LogP) is 7.96. The molecule has 0 unspecified atom stereocenters. The Hall–Kier alpha value is -3.34. The topological polar surface area (TPSA) is 38.7 Å². The van der Waals surface area contributed by atoms with E-state index in [1.807, 2.05) is 78.9 Å². The third-order valence-electron chi connectivity index (χ3n) is 5.04. The molecule has 0 spiro atoms. The van der Waals surface area contributed by atoms with E-state index in [1.165, 1.54) is 5.56 Å². The fourth-order valence-electron chi connectivity index (χ4n) is 3.48. The van der Waals surface area contributed by atoms with E-state index in [1.54, 1.807) is 0 Å². The number of hydrogen-bond acceptors (Lipinski definition) is 3. The van der Waals surface area contributed by atoms with Gasteiger partial charge in [0.25, 0.3) is 0 Å². The zero-order valence-corrected chi connectivity index (χ0v) is 19.3. The number of halogens is 2. The monoisotopic (exact) mass is 497 g/mol. The third-order valence-corrected chi connectivity index (χ3v) is 5.71. The van der Waals surface area contributed by atoms with E-state index in [-0.39, 0.29) is 0 Å². The average molecular weight is 499 g/mol. The maximum atomic E-state index is 6.29. The number of benzene rings is 4. The Bertz CT molecular complexity index is 1350. The van der Waals surface area contributed by atoms with Crippen LogP contribution in [0.5, 0.6) is 0 Å². The first-order valence-electron chi connectivity index (χ1n) is 10.1. The SMILES string of the molecule is Clc1cc(Br)cc(-c2nc(-c3ccccc3)nc(-c3ccc(-c4ccccc4)cc3)n2)c1. The van der Waals surface area contributed by atoms with Crippen LogP contribution >= 0.6 is 27.5 Å². The normalized spacial score (nSPS) is 10.8. The lowest BCUT2D eigenvalue weighted by Gasteiger charge is -2.09. The van der Waals surface area contributed by atoms with Crippen LogP contribution in [0, 0.1) is 0 Å². The summed E-state index contributed by atoms with van der Waals surface area (Å²) in [5.74, 6) is 1.81. The van der Waals surface area contributed by atoms with Gasteiger partial charge in [-0.25, -0.2) is 15.0 Å². The van der Waals surface area contributed by atoms with E-state index in [4.69, 9.17) is 26.6 Å². The van der Waals surface area contributed by atoms with Crippen LogP contribution in [0.15, 0.2) is 108 Å². The molecule has 1 heterocycles. The summed E-state index contributed by atoms with van der Waals surface area (Å²) in [5.41, 5.74) is 4.99. The summed E-state index contributed by atoms with van der Waals surface area (Å²) >= 11 is 9.80. The number of aromatic nitrogens is 3. The minimum absolute atomic E-state index is 0.573. The molecule has 0 atom stereocenters. The molecule has 0 aliphatic carbocycles. The molecule has 5 rings (SSSR count). The Morgan fingerprint density at radius 1 is 0.469 bits per heavy atom. The van der Waals surface area contributed by atoms with Crippen molar-refractivity contribution in [2.45, 2.75) is 0 Å². The van der Waals surface area contributed by atoms with Crippen molar-refractivity contribution in [2.75, 3.05) is 0 Å². The van der Waals surface area contributed by atoms with Gasteiger partial charge in [0.05, 0.1) is 0 Å². The van der Waals surface area contributed by atoms with Gasteiger partial charge >= 0.3 is 0 Å². The highest BCUT2D eigenvalue weighted by molar-refractivity contribution is 9.10. The number of rotatable bonds is 4. The molecule has 0 aliphatic rings. The lowest BCUT2D eigenvalue weighted by atomic mass is 10.0. The molecule has 0 bridgehead atoms. The first-order valence-corrected chi connectivity index (χ1v) is 11.3. The fourth-order valence-corrected chi connectivity index (χ4v) is 4.34. The zero-order valence-electron chi connectivity index (χ0n) is 16.9. The van der Waals surface area contributed by atoms with Crippen molar-refractivity contribution in [2.24, 2.45) is 0 Å². The zero-order chi connectivity index (χ0) is 21.9. The summed E-state index contributed by atoms with van der Waals surface area (Å²) in [7, 11) is 0. The van der Waals surface area contributed by atoms with Gasteiger partial charge in [0.15, 0.2) is 17.5 Å². The molecule has 1 aromatic heterocycles. The summed E-state index contributed by atoms with van der Waals surface area (Å²) in [6, 6.07) is 34.1. The van der Waals surface area contributed by atoms with Gasteiger partial charge < -0.3 is 0 Å². The fraction of sp³-hybridized carbons (Fsp3) is 0. The standard InChI is InChI=1S/C27H17BrClN3/c28-23-15-22(16-24(29)17-23)27-31-25(20-9-5-2-6-10-20)30-26(32-27)21-13-11-19(12-14-21)18-7-3-1-4-8-18/h1-17H. The minimum atomic E-state index is 0.573. The molecule has 0 N–H and O–H groups in total. The smallest absolute Gasteiger partial charge is 0.164 e. The van der Waals surface area contributed by atoms with Gasteiger partial charge in [0.1, 0.15) is 0 Å². The summed E-state index contributed by atoms with van der Waals surface area (Å²) in [4.78, 5) is 14.3. The second-order valence-corrected chi connectivity index (χ2v) is 8.63. The molecule has 0 saturated heterocycles. The molecule has 0 amide bonds. The summed E-state index contributed by atoms with van der Waals surface area (Å²) < 4.78 is 0.871. The van der Waals surface area contributed by atoms with Gasteiger partial charge in [0.2, 0.25) is 0 Å². The van der Waals surface area contributed by atoms with E-state index in [0.29, 0.717) is 22.5 Å². The van der Waals surface area contributed by atoms with Crippen molar-refractivity contribution in [3.8, 4) is 45.3 Å². The number of nitrogens with zero attached hydrogens (tertiary/aromatic N) is 3. The summed E-state index contributed by atoms with van der Waals surface area (Å²) in [6.45, 7) is 0. The van der Waals surface area contributed by atoms with Crippen LogP contribution in [0.25, 0.3) is 45.3 Å². The van der Waals surface area contributed by atoms with Crippen molar-refractivity contribution in [3.05, 3.63) is 113 Å². The summed E-state index contributed by atoms with van der Waals surface area (Å²) in [5, 5.41) is 0.616. The Kier molecular flexibility index (Phi) is 5.80. The Morgan fingerprint density at radius 3 is 1.47 bits per heavy atom. The molecule has 0 fully saturated rings. The molecule has 32 heavy (non-hydrogen) atoms. The van der Waals surface area contributed by atoms with Gasteiger partial charge in [-0.2, -0.15) is 0 Å². The van der Waals surface area contributed by atoms with E-state index in [2.05, 4.69) is 40.2 Å². The molecule has 4 aromatic carbocycles. The van der Waals surface area contributed by atoms with Crippen LogP contribution in [0.4, 0.5) is 0 Å². The van der Waals surface area contributed by atoms with E-state index in [9.17, 15) is 0 Å². The molecule has 0 aliphatic heterocycles. The van der Waals surface area contributed by atoms with Crippen molar-refractivity contribution < 1.29 is 0 Å². The van der Waals surface area contributed by atoms with Crippen LogP contribution in [-0.4, -0.2) is 15.0 Å². The lowest BCUT2D eigenvalue weighted by molar-refractivity contribution is 1.07. The second kappa shape index (κ2) is 9.03. The van der Waals surface area contributed by atoms with Gasteiger partial charge in [-0.1, -0.05) is 112 Å². The van der Waals surface area contributed by atoms with E-state index < -0.39 is 0 Å². The van der Waals surface area contributed by atoms with Crippen LogP contribution in [-0.2, 0) is 0 Å². The van der Waals surface area contributed by atoms with Crippen molar-refractivity contribution >= 4 is 27.5 Å². The van der Waals surface area contributed by atoms with Gasteiger partial charge in [-0.05, 0) is 29.3 Å². The summed E-state index contributed by atoms with van der Waals surface area (Å²) in [6.07, 6.45) is 0. The third kappa shape index (κ3) is 4.47. The molecule has 5 aromatic rings. The maximum absolute atomic E-state index is 6.29. The Labute approximate surface area is 199 Å². The van der Waals surface area contributed by atoms with Crippen molar-refractivity contribution in [3.63, 3.8) is 0 Å². The Morgan fingerprint density at radius 2 is 0.906 bits per heavy atom. The lowest BCUT2D eigenvalue weighted by Crippen LogP contribution is -2.00. The molecular formula is C27H17BrClN3. The van der Waals surface area contributed by atoms with Crippen molar-refractivity contribution in [1.82, 2.24) is 15.0 Å². The van der Waals surface area contributed by atoms with Crippen LogP contribution in [0.1, 0.15) is 0 Å². The highest BCUT2D eigenvalue weighted by atomic mass is 79.9. The average Bonchev–Trinajstić information content (AvgIpc) is 2.84. The number of hydrogen-bond donors (Lipinski definition) is 0. The molecule has 0 radical (unpaired) electrons. The minimum Gasteiger partial charge on any atom is -0.208 e.